The lowest BCUT2D eigenvalue weighted by Gasteiger charge is -2.31. The molecule has 1 saturated heterocycles. The molecule has 0 atom stereocenters. The molecule has 0 N–H and O–H groups in total. The fraction of sp³-hybridized carbons (Fsp3) is 0.529. The first-order valence-corrected chi connectivity index (χ1v) is 8.27. The van der Waals surface area contributed by atoms with Crippen molar-refractivity contribution in [2.75, 3.05) is 24.5 Å². The van der Waals surface area contributed by atoms with Gasteiger partial charge in [-0.05, 0) is 37.0 Å². The Morgan fingerprint density at radius 3 is 2.57 bits per heavy atom. The lowest BCUT2D eigenvalue weighted by molar-refractivity contribution is -0.132. The maximum atomic E-state index is 13.3. The van der Waals surface area contributed by atoms with E-state index in [4.69, 9.17) is 11.6 Å². The minimum Gasteiger partial charge on any atom is -0.343 e. The molecule has 0 spiro atoms. The number of piperidine rings is 1. The number of rotatable bonds is 4. The minimum absolute atomic E-state index is 0.0369. The number of halogens is 2. The maximum Gasteiger partial charge on any atom is 0.224 e. The third-order valence-corrected chi connectivity index (χ3v) is 4.57. The van der Waals surface area contributed by atoms with Gasteiger partial charge < -0.3 is 9.80 Å². The Hall–Kier alpha value is -1.62. The molecule has 1 aromatic rings. The van der Waals surface area contributed by atoms with Crippen LogP contribution in [-0.4, -0.2) is 36.3 Å². The van der Waals surface area contributed by atoms with Crippen molar-refractivity contribution in [3.05, 3.63) is 29.0 Å². The van der Waals surface area contributed by atoms with Crippen LogP contribution in [0.5, 0.6) is 0 Å². The summed E-state index contributed by atoms with van der Waals surface area (Å²) in [4.78, 5) is 27.4. The zero-order chi connectivity index (χ0) is 17.0. The summed E-state index contributed by atoms with van der Waals surface area (Å²) >= 11 is 5.77. The Labute approximate surface area is 141 Å². The van der Waals surface area contributed by atoms with Crippen molar-refractivity contribution in [1.29, 1.82) is 0 Å². The lowest BCUT2D eigenvalue weighted by Crippen LogP contribution is -2.40. The molecule has 1 aliphatic heterocycles. The summed E-state index contributed by atoms with van der Waals surface area (Å²) < 4.78 is 13.3. The van der Waals surface area contributed by atoms with E-state index in [1.165, 1.54) is 30.0 Å². The summed E-state index contributed by atoms with van der Waals surface area (Å²) in [5.74, 6) is -0.0179. The second kappa shape index (κ2) is 7.77. The van der Waals surface area contributed by atoms with E-state index in [0.717, 1.165) is 25.9 Å². The van der Waals surface area contributed by atoms with Crippen LogP contribution in [0.25, 0.3) is 0 Å². The van der Waals surface area contributed by atoms with Gasteiger partial charge in [0.05, 0.1) is 5.02 Å². The molecule has 1 heterocycles. The van der Waals surface area contributed by atoms with Gasteiger partial charge in [-0.1, -0.05) is 18.5 Å². The van der Waals surface area contributed by atoms with Crippen LogP contribution >= 0.6 is 11.6 Å². The van der Waals surface area contributed by atoms with Gasteiger partial charge in [0.2, 0.25) is 11.8 Å². The molecule has 1 aromatic carbocycles. The number of anilines is 1. The fourth-order valence-corrected chi connectivity index (χ4v) is 2.92. The van der Waals surface area contributed by atoms with Crippen molar-refractivity contribution < 1.29 is 14.0 Å². The van der Waals surface area contributed by atoms with E-state index in [2.05, 4.69) is 6.92 Å². The molecule has 2 rings (SSSR count). The van der Waals surface area contributed by atoms with Crippen LogP contribution in [0.2, 0.25) is 5.02 Å². The van der Waals surface area contributed by atoms with Crippen LogP contribution in [0.15, 0.2) is 18.2 Å². The molecular formula is C17H22ClFN2O2. The van der Waals surface area contributed by atoms with Crippen LogP contribution in [0, 0.1) is 11.7 Å². The van der Waals surface area contributed by atoms with E-state index >= 15 is 0 Å². The first kappa shape index (κ1) is 17.7. The molecule has 0 saturated carbocycles. The SMILES string of the molecule is CC(=O)N(CCC(=O)N1CCC(C)CC1)c1ccc(F)c(Cl)c1. The van der Waals surface area contributed by atoms with Gasteiger partial charge in [0.15, 0.2) is 0 Å². The summed E-state index contributed by atoms with van der Waals surface area (Å²) in [6.07, 6.45) is 2.30. The van der Waals surface area contributed by atoms with Crippen molar-refractivity contribution in [1.82, 2.24) is 4.90 Å². The van der Waals surface area contributed by atoms with E-state index < -0.39 is 5.82 Å². The third kappa shape index (κ3) is 4.67. The molecular weight excluding hydrogens is 319 g/mol. The van der Waals surface area contributed by atoms with Gasteiger partial charge in [-0.25, -0.2) is 4.39 Å². The second-order valence-electron chi connectivity index (χ2n) is 6.08. The van der Waals surface area contributed by atoms with Crippen molar-refractivity contribution in [3.8, 4) is 0 Å². The quantitative estimate of drug-likeness (QED) is 0.842. The van der Waals surface area contributed by atoms with Gasteiger partial charge in [0.25, 0.3) is 0 Å². The van der Waals surface area contributed by atoms with Gasteiger partial charge in [0.1, 0.15) is 5.82 Å². The van der Waals surface area contributed by atoms with E-state index in [-0.39, 0.29) is 29.8 Å². The first-order chi connectivity index (χ1) is 10.9. The first-order valence-electron chi connectivity index (χ1n) is 7.89. The highest BCUT2D eigenvalue weighted by Crippen LogP contribution is 2.23. The molecule has 4 nitrogen and oxygen atoms in total. The summed E-state index contributed by atoms with van der Waals surface area (Å²) in [7, 11) is 0. The van der Waals surface area contributed by atoms with Crippen LogP contribution in [0.4, 0.5) is 10.1 Å². The molecule has 0 radical (unpaired) electrons. The van der Waals surface area contributed by atoms with Crippen molar-refractivity contribution >= 4 is 29.1 Å². The molecule has 1 aliphatic rings. The minimum atomic E-state index is -0.530. The Morgan fingerprint density at radius 2 is 2.00 bits per heavy atom. The molecule has 1 fully saturated rings. The zero-order valence-corrected chi connectivity index (χ0v) is 14.3. The van der Waals surface area contributed by atoms with Gasteiger partial charge in [-0.15, -0.1) is 0 Å². The van der Waals surface area contributed by atoms with E-state index in [9.17, 15) is 14.0 Å². The van der Waals surface area contributed by atoms with Gasteiger partial charge >= 0.3 is 0 Å². The number of carbonyl (C=O) groups is 2. The lowest BCUT2D eigenvalue weighted by atomic mass is 9.99. The summed E-state index contributed by atoms with van der Waals surface area (Å²) in [5.41, 5.74) is 0.504. The fourth-order valence-electron chi connectivity index (χ4n) is 2.74. The van der Waals surface area contributed by atoms with Gasteiger partial charge in [-0.2, -0.15) is 0 Å². The highest BCUT2D eigenvalue weighted by atomic mass is 35.5. The van der Waals surface area contributed by atoms with E-state index in [1.807, 2.05) is 4.90 Å². The predicted molar refractivity (Wildman–Crippen MR) is 89.0 cm³/mol. The standard InChI is InChI=1S/C17H22ClFN2O2/c1-12-5-8-20(9-6-12)17(23)7-10-21(13(2)22)14-3-4-16(19)15(18)11-14/h3-4,11-12H,5-10H2,1-2H3. The molecule has 0 bridgehead atoms. The van der Waals surface area contributed by atoms with E-state index in [0.29, 0.717) is 11.6 Å². The topological polar surface area (TPSA) is 40.6 Å². The van der Waals surface area contributed by atoms with Gasteiger partial charge in [0, 0.05) is 38.7 Å². The van der Waals surface area contributed by atoms with Crippen molar-refractivity contribution in [2.45, 2.75) is 33.1 Å². The number of benzene rings is 1. The number of hydrogen-bond acceptors (Lipinski definition) is 2. The van der Waals surface area contributed by atoms with Crippen LogP contribution < -0.4 is 4.90 Å². The number of likely N-dealkylation sites (tertiary alicyclic amines) is 1. The molecule has 2 amide bonds. The molecule has 126 valence electrons. The smallest absolute Gasteiger partial charge is 0.224 e. The Bertz CT molecular complexity index is 586. The largest absolute Gasteiger partial charge is 0.343 e. The highest BCUT2D eigenvalue weighted by Gasteiger charge is 2.21. The normalized spacial score (nSPS) is 15.6. The molecule has 0 unspecified atom stereocenters. The van der Waals surface area contributed by atoms with Gasteiger partial charge in [-0.3, -0.25) is 9.59 Å². The third-order valence-electron chi connectivity index (χ3n) is 4.28. The highest BCUT2D eigenvalue weighted by molar-refractivity contribution is 6.31. The molecule has 23 heavy (non-hydrogen) atoms. The number of hydrogen-bond donors (Lipinski definition) is 0. The number of carbonyl (C=O) groups excluding carboxylic acids is 2. The Kier molecular flexibility index (Phi) is 5.99. The number of nitrogens with zero attached hydrogens (tertiary/aromatic N) is 2. The monoisotopic (exact) mass is 340 g/mol. The Balaban J connectivity index is 1.98. The zero-order valence-electron chi connectivity index (χ0n) is 13.5. The van der Waals surface area contributed by atoms with Crippen LogP contribution in [0.3, 0.4) is 0 Å². The maximum absolute atomic E-state index is 13.3. The Morgan fingerprint density at radius 1 is 1.35 bits per heavy atom. The second-order valence-corrected chi connectivity index (χ2v) is 6.49. The molecule has 0 aromatic heterocycles. The van der Waals surface area contributed by atoms with Crippen LogP contribution in [-0.2, 0) is 9.59 Å². The van der Waals surface area contributed by atoms with Crippen molar-refractivity contribution in [2.24, 2.45) is 5.92 Å². The summed E-state index contributed by atoms with van der Waals surface area (Å²) in [5, 5.41) is -0.0369. The average molecular weight is 341 g/mol. The predicted octanol–water partition coefficient (Wildman–Crippen LogP) is 3.48. The molecule has 0 aliphatic carbocycles. The number of amides is 2. The summed E-state index contributed by atoms with van der Waals surface area (Å²) in [6.45, 7) is 5.44. The summed E-state index contributed by atoms with van der Waals surface area (Å²) in [6, 6.07) is 4.13. The van der Waals surface area contributed by atoms with E-state index in [1.54, 1.807) is 0 Å². The molecule has 6 heteroatoms. The average Bonchev–Trinajstić information content (AvgIpc) is 2.51. The van der Waals surface area contributed by atoms with Crippen LogP contribution in [0.1, 0.15) is 33.1 Å². The van der Waals surface area contributed by atoms with Crippen molar-refractivity contribution in [3.63, 3.8) is 0 Å².